The van der Waals surface area contributed by atoms with Crippen LogP contribution in [0.3, 0.4) is 0 Å². The molecule has 1 aromatic rings. The van der Waals surface area contributed by atoms with Crippen LogP contribution in [0.2, 0.25) is 0 Å². The Balaban J connectivity index is 0.000000676. The summed E-state index contributed by atoms with van der Waals surface area (Å²) in [7, 11) is 3.75. The number of aliphatic hydroxyl groups excluding tert-OH is 1. The predicted octanol–water partition coefficient (Wildman–Crippen LogP) is 6.49. The van der Waals surface area contributed by atoms with E-state index < -0.39 is 23.5 Å². The molecule has 3 N–H and O–H groups in total. The number of aliphatic hydroxyl groups is 1. The lowest BCUT2D eigenvalue weighted by molar-refractivity contribution is -0.384. The molecule has 10 heteroatoms. The number of hydrogen-bond donors (Lipinski definition) is 3. The fraction of sp³-hybridized carbons (Fsp3) is 0.750. The number of hydrogen-bond acceptors (Lipinski definition) is 8. The Kier molecular flexibility index (Phi) is 17.7. The van der Waals surface area contributed by atoms with E-state index in [4.69, 9.17) is 19.7 Å². The molecule has 0 aromatic heterocycles. The third kappa shape index (κ3) is 10.6. The van der Waals surface area contributed by atoms with Gasteiger partial charge in [-0.2, -0.15) is 0 Å². The van der Waals surface area contributed by atoms with Gasteiger partial charge in [-0.25, -0.2) is 9.59 Å². The summed E-state index contributed by atoms with van der Waals surface area (Å²) in [5.41, 5.74) is -0.627. The first kappa shape index (κ1) is 39.4. The number of carbonyl (C=O) groups excluding carboxylic acids is 1. The maximum absolute atomic E-state index is 11.6. The van der Waals surface area contributed by atoms with Gasteiger partial charge in [0, 0.05) is 18.6 Å². The van der Waals surface area contributed by atoms with Gasteiger partial charge in [0.1, 0.15) is 18.3 Å². The van der Waals surface area contributed by atoms with Gasteiger partial charge >= 0.3 is 11.9 Å². The molecule has 2 aliphatic heterocycles. The van der Waals surface area contributed by atoms with Gasteiger partial charge < -0.3 is 25.0 Å². The Morgan fingerprint density at radius 2 is 1.60 bits per heavy atom. The maximum Gasteiger partial charge on any atom is 0.335 e. The molecule has 1 aliphatic carbocycles. The zero-order chi connectivity index (χ0) is 32.7. The van der Waals surface area contributed by atoms with Gasteiger partial charge in [-0.1, -0.05) is 67.7 Å². The highest BCUT2D eigenvalue weighted by atomic mass is 16.6. The van der Waals surface area contributed by atoms with Crippen LogP contribution < -0.4 is 5.32 Å². The number of nitrogens with one attached hydrogen (secondary N) is 1. The first-order valence-corrected chi connectivity index (χ1v) is 15.2. The number of ether oxygens (including phenoxy) is 2. The number of esters is 1. The summed E-state index contributed by atoms with van der Waals surface area (Å²) >= 11 is 0. The summed E-state index contributed by atoms with van der Waals surface area (Å²) < 4.78 is 12.2. The van der Waals surface area contributed by atoms with Gasteiger partial charge in [0.2, 0.25) is 0 Å². The lowest BCUT2D eigenvalue weighted by Gasteiger charge is -2.48. The average molecular weight is 597 g/mol. The molecule has 6 atom stereocenters. The number of aromatic carboxylic acids is 1. The molecule has 10 nitrogen and oxygen atoms in total. The van der Waals surface area contributed by atoms with Gasteiger partial charge in [0.05, 0.1) is 16.1 Å². The van der Waals surface area contributed by atoms with Crippen molar-refractivity contribution in [2.45, 2.75) is 111 Å². The number of carboxylic acids is 1. The summed E-state index contributed by atoms with van der Waals surface area (Å²) in [6.45, 7) is 16.8. The van der Waals surface area contributed by atoms with Crippen LogP contribution in [0.4, 0.5) is 5.69 Å². The Morgan fingerprint density at radius 3 is 2.00 bits per heavy atom. The van der Waals surface area contributed by atoms with Crippen LogP contribution in [0.15, 0.2) is 24.3 Å². The largest absolute Gasteiger partial charge is 0.478 e. The van der Waals surface area contributed by atoms with Crippen molar-refractivity contribution in [2.24, 2.45) is 23.7 Å². The number of nitro groups is 1. The Morgan fingerprint density at radius 1 is 1.10 bits per heavy atom. The molecule has 4 rings (SSSR count). The summed E-state index contributed by atoms with van der Waals surface area (Å²) in [4.78, 5) is 31.5. The van der Waals surface area contributed by atoms with Gasteiger partial charge in [-0.15, -0.1) is 0 Å². The molecule has 0 amide bonds. The number of nitrogens with zero attached hydrogens (tertiary/aromatic N) is 1. The number of non-ortho nitro benzene ring substituents is 1. The van der Waals surface area contributed by atoms with E-state index in [-0.39, 0.29) is 28.6 Å². The number of nitro benzene ring substituents is 1. The SMILES string of the molecule is CC(C)[C@]12CC3[C@H](C)CC[C@H]3C(C)(O1)C(OC(=O)CO)C2.CCC.CCC.CNC.O=C(O)c1ccc([N+](=O)[O-])cc1. The number of carboxylic acid groups (broad SMARTS) is 1. The van der Waals surface area contributed by atoms with Crippen molar-refractivity contribution in [3.63, 3.8) is 0 Å². The molecule has 3 unspecified atom stereocenters. The molecule has 1 aromatic carbocycles. The second kappa shape index (κ2) is 18.9. The van der Waals surface area contributed by atoms with Crippen LogP contribution in [0.1, 0.15) is 104 Å². The zero-order valence-corrected chi connectivity index (χ0v) is 27.4. The molecule has 3 fully saturated rings. The average Bonchev–Trinajstić information content (AvgIpc) is 3.41. The number of benzene rings is 1. The van der Waals surface area contributed by atoms with E-state index in [2.05, 4.69) is 60.7 Å². The van der Waals surface area contributed by atoms with E-state index in [1.54, 1.807) is 0 Å². The summed E-state index contributed by atoms with van der Waals surface area (Å²) in [6, 6.07) is 4.70. The van der Waals surface area contributed by atoms with Crippen molar-refractivity contribution in [3.8, 4) is 0 Å². The first-order valence-electron chi connectivity index (χ1n) is 15.2. The molecular formula is C32H56N2O8. The minimum absolute atomic E-state index is 0.0422. The predicted molar refractivity (Wildman–Crippen MR) is 166 cm³/mol. The van der Waals surface area contributed by atoms with Crippen molar-refractivity contribution in [1.29, 1.82) is 0 Å². The fourth-order valence-electron chi connectivity index (χ4n) is 5.89. The lowest BCUT2D eigenvalue weighted by Crippen LogP contribution is -2.53. The van der Waals surface area contributed by atoms with Crippen molar-refractivity contribution < 1.29 is 34.2 Å². The van der Waals surface area contributed by atoms with E-state index in [9.17, 15) is 19.7 Å². The highest BCUT2D eigenvalue weighted by molar-refractivity contribution is 5.87. The third-order valence-electron chi connectivity index (χ3n) is 7.87. The minimum atomic E-state index is -1.09. The Labute approximate surface area is 252 Å². The second-order valence-corrected chi connectivity index (χ2v) is 11.9. The summed E-state index contributed by atoms with van der Waals surface area (Å²) in [5.74, 6) is 0.651. The minimum Gasteiger partial charge on any atom is -0.478 e. The maximum atomic E-state index is 11.6. The standard InChI is InChI=1S/C17H28O4.C7H5NO4.2C3H8.C2H7N/c1-10(2)17-7-12-11(3)5-6-13(12)16(4,21-17)14(8-17)20-15(19)9-18;9-7(10)5-1-3-6(4-2-5)8(11)12;3*1-3-2/h10-14,18H,5-9H2,1-4H3;1-4H,(H,9,10);2*3H2,1-2H3;3H,1-2H3/t11-,12?,13-,14?,16?,17-;;;;/m1..../s1. The third-order valence-corrected chi connectivity index (χ3v) is 7.87. The van der Waals surface area contributed by atoms with E-state index in [1.165, 1.54) is 31.4 Å². The smallest absolute Gasteiger partial charge is 0.335 e. The topological polar surface area (TPSA) is 148 Å². The molecule has 0 radical (unpaired) electrons. The van der Waals surface area contributed by atoms with Crippen LogP contribution in [0.5, 0.6) is 0 Å². The van der Waals surface area contributed by atoms with Crippen LogP contribution in [-0.4, -0.2) is 65.1 Å². The van der Waals surface area contributed by atoms with Crippen molar-refractivity contribution >= 4 is 17.6 Å². The van der Waals surface area contributed by atoms with Crippen LogP contribution >= 0.6 is 0 Å². The Bertz CT molecular complexity index is 917. The highest BCUT2D eigenvalue weighted by Gasteiger charge is 2.66. The van der Waals surface area contributed by atoms with Crippen molar-refractivity contribution in [1.82, 2.24) is 5.32 Å². The Hall–Kier alpha value is -2.56. The van der Waals surface area contributed by atoms with Gasteiger partial charge in [0.25, 0.3) is 5.69 Å². The first-order chi connectivity index (χ1) is 19.7. The monoisotopic (exact) mass is 596 g/mol. The molecule has 2 saturated heterocycles. The van der Waals surface area contributed by atoms with Crippen molar-refractivity contribution in [3.05, 3.63) is 39.9 Å². The number of fused-ring (bicyclic) bond motifs is 4. The lowest BCUT2D eigenvalue weighted by atomic mass is 9.72. The molecule has 2 bridgehead atoms. The highest BCUT2D eigenvalue weighted by Crippen LogP contribution is 2.62. The molecule has 0 spiro atoms. The molecule has 1 saturated carbocycles. The summed E-state index contributed by atoms with van der Waals surface area (Å²) in [5, 5.41) is 30.3. The normalized spacial score (nSPS) is 28.2. The van der Waals surface area contributed by atoms with Crippen LogP contribution in [0.25, 0.3) is 0 Å². The van der Waals surface area contributed by atoms with Gasteiger partial charge in [-0.3, -0.25) is 10.1 Å². The number of carbonyl (C=O) groups is 2. The van der Waals surface area contributed by atoms with E-state index in [0.29, 0.717) is 17.8 Å². The molecule has 2 heterocycles. The van der Waals surface area contributed by atoms with Gasteiger partial charge in [-0.05, 0) is 69.7 Å². The van der Waals surface area contributed by atoms with E-state index >= 15 is 0 Å². The number of rotatable bonds is 5. The molecule has 42 heavy (non-hydrogen) atoms. The van der Waals surface area contributed by atoms with E-state index in [1.807, 2.05) is 14.1 Å². The van der Waals surface area contributed by atoms with Crippen LogP contribution in [-0.2, 0) is 14.3 Å². The molecule has 3 aliphatic rings. The van der Waals surface area contributed by atoms with Gasteiger partial charge in [0.15, 0.2) is 0 Å². The second-order valence-electron chi connectivity index (χ2n) is 11.9. The summed E-state index contributed by atoms with van der Waals surface area (Å²) in [6.07, 6.45) is 6.53. The fourth-order valence-corrected chi connectivity index (χ4v) is 5.89. The molecule has 242 valence electrons. The van der Waals surface area contributed by atoms with Crippen LogP contribution in [0, 0.1) is 33.8 Å². The van der Waals surface area contributed by atoms with E-state index in [0.717, 1.165) is 37.3 Å². The quantitative estimate of drug-likeness (QED) is 0.197. The zero-order valence-electron chi connectivity index (χ0n) is 27.4. The molecular weight excluding hydrogens is 540 g/mol. The van der Waals surface area contributed by atoms with Crippen molar-refractivity contribution in [2.75, 3.05) is 20.7 Å².